The van der Waals surface area contributed by atoms with Crippen molar-refractivity contribution in [1.29, 1.82) is 0 Å². The van der Waals surface area contributed by atoms with Crippen LogP contribution in [0.4, 0.5) is 10.5 Å². The number of nitro groups is 1. The Balaban J connectivity index is 1.30. The van der Waals surface area contributed by atoms with E-state index in [0.29, 0.717) is 47.1 Å². The maximum Gasteiger partial charge on any atom is 0.410 e. The number of ether oxygens (including phenoxy) is 6. The molecule has 0 radical (unpaired) electrons. The van der Waals surface area contributed by atoms with E-state index in [2.05, 4.69) is 17.6 Å². The summed E-state index contributed by atoms with van der Waals surface area (Å²) in [5.74, 6) is -0.122. The van der Waals surface area contributed by atoms with Crippen LogP contribution >= 0.6 is 0 Å². The van der Waals surface area contributed by atoms with E-state index < -0.39 is 28.8 Å². The van der Waals surface area contributed by atoms with Gasteiger partial charge in [-0.05, 0) is 116 Å². The second kappa shape index (κ2) is 21.4. The minimum atomic E-state index is -1.54. The molecule has 16 nitrogen and oxygen atoms in total. The van der Waals surface area contributed by atoms with Gasteiger partial charge in [0.25, 0.3) is 5.69 Å². The Hall–Kier alpha value is -6.49. The average molecular weight is 919 g/mol. The number of hydrogen-bond acceptors (Lipinski definition) is 14. The second-order valence-electron chi connectivity index (χ2n) is 17.3. The predicted octanol–water partition coefficient (Wildman–Crippen LogP) is 8.71. The predicted molar refractivity (Wildman–Crippen MR) is 247 cm³/mol. The number of non-ortho nitro benzene ring substituents is 1. The molecule has 6 atom stereocenters. The van der Waals surface area contributed by atoms with Gasteiger partial charge in [-0.1, -0.05) is 42.3 Å². The first-order chi connectivity index (χ1) is 32.7. The van der Waals surface area contributed by atoms with E-state index in [0.717, 1.165) is 53.8 Å². The van der Waals surface area contributed by atoms with E-state index in [9.17, 15) is 25.1 Å². The summed E-state index contributed by atoms with van der Waals surface area (Å²) in [5.41, 5.74) is 5.37. The Bertz CT molecular complexity index is 2460. The topological polar surface area (TPSA) is 194 Å². The van der Waals surface area contributed by atoms with Gasteiger partial charge in [0.2, 0.25) is 12.6 Å². The minimum absolute atomic E-state index is 0.00705. The van der Waals surface area contributed by atoms with Crippen LogP contribution in [-0.4, -0.2) is 82.4 Å². The number of aryl methyl sites for hydroxylation is 1. The SMILES string of the molecule is C=CCOC12Oc3ccc(OCc4cccc(C)n4)cc3C3C(CCCCO)C(CCCCO)C=C(C(=NOCc4ccc([N+](=O)[O-])cc4)CC1N(Cc1ccc4c(c1)OCO4)C(=O)OC)C32. The third-order valence-corrected chi connectivity index (χ3v) is 13.1. The molecule has 1 amide bonds. The Labute approximate surface area is 389 Å². The van der Waals surface area contributed by atoms with Crippen molar-refractivity contribution in [3.8, 4) is 23.0 Å². The van der Waals surface area contributed by atoms with Crippen molar-refractivity contribution in [1.82, 2.24) is 9.88 Å². The molecule has 1 saturated carbocycles. The van der Waals surface area contributed by atoms with Gasteiger partial charge in [-0.15, -0.1) is 6.58 Å². The van der Waals surface area contributed by atoms with Crippen LogP contribution in [0.25, 0.3) is 0 Å². The molecule has 3 heterocycles. The molecule has 2 aliphatic carbocycles. The quantitative estimate of drug-likeness (QED) is 0.0349. The Morgan fingerprint density at radius 3 is 2.48 bits per heavy atom. The van der Waals surface area contributed by atoms with E-state index in [1.165, 1.54) is 19.2 Å². The van der Waals surface area contributed by atoms with Gasteiger partial charge in [0.1, 0.15) is 30.8 Å². The molecule has 1 fully saturated rings. The average Bonchev–Trinajstić information content (AvgIpc) is 3.81. The van der Waals surface area contributed by atoms with Crippen LogP contribution < -0.4 is 18.9 Å². The molecule has 2 N–H and O–H groups in total. The monoisotopic (exact) mass is 918 g/mol. The van der Waals surface area contributed by atoms with Crippen molar-refractivity contribution in [3.63, 3.8) is 0 Å². The third kappa shape index (κ3) is 10.3. The number of methoxy groups -OCH3 is 1. The summed E-state index contributed by atoms with van der Waals surface area (Å²) in [7, 11) is 1.34. The van der Waals surface area contributed by atoms with Crippen LogP contribution in [0.1, 0.15) is 78.9 Å². The van der Waals surface area contributed by atoms with E-state index >= 15 is 0 Å². The number of carbonyl (C=O) groups excluding carboxylic acids is 1. The number of hydrogen-bond donors (Lipinski definition) is 2. The molecule has 4 aliphatic rings. The third-order valence-electron chi connectivity index (χ3n) is 13.1. The van der Waals surface area contributed by atoms with Crippen molar-refractivity contribution >= 4 is 17.5 Å². The lowest BCUT2D eigenvalue weighted by atomic mass is 9.55. The molecule has 6 unspecified atom stereocenters. The largest absolute Gasteiger partial charge is 0.487 e. The number of aliphatic hydroxyl groups is 2. The number of aromatic nitrogens is 1. The summed E-state index contributed by atoms with van der Waals surface area (Å²) >= 11 is 0. The van der Waals surface area contributed by atoms with Gasteiger partial charge in [-0.25, -0.2) is 4.79 Å². The number of fused-ring (bicyclic) bond motifs is 3. The maximum atomic E-state index is 14.4. The number of nitrogens with zero attached hydrogens (tertiary/aromatic N) is 4. The summed E-state index contributed by atoms with van der Waals surface area (Å²) in [6.45, 7) is 6.57. The number of unbranched alkanes of at least 4 members (excludes halogenated alkanes) is 2. The summed E-state index contributed by atoms with van der Waals surface area (Å²) in [5, 5.41) is 36.3. The molecular weight excluding hydrogens is 861 g/mol. The number of nitro benzene ring substituents is 1. The lowest BCUT2D eigenvalue weighted by Crippen LogP contribution is -2.70. The summed E-state index contributed by atoms with van der Waals surface area (Å²) < 4.78 is 37.8. The van der Waals surface area contributed by atoms with E-state index in [1.807, 2.05) is 61.5 Å². The highest BCUT2D eigenvalue weighted by molar-refractivity contribution is 6.03. The zero-order valence-corrected chi connectivity index (χ0v) is 37.9. The van der Waals surface area contributed by atoms with E-state index in [1.54, 1.807) is 23.1 Å². The smallest absolute Gasteiger partial charge is 0.410 e. The van der Waals surface area contributed by atoms with E-state index in [-0.39, 0.29) is 76.2 Å². The number of amides is 1. The van der Waals surface area contributed by atoms with E-state index in [4.69, 9.17) is 38.4 Å². The number of pyridine rings is 1. The van der Waals surface area contributed by atoms with Gasteiger partial charge in [0.15, 0.2) is 11.5 Å². The number of carbonyl (C=O) groups is 1. The fourth-order valence-corrected chi connectivity index (χ4v) is 10.1. The first kappa shape index (κ1) is 47.0. The fraction of sp³-hybridized carbons (Fsp3) is 0.431. The first-order valence-corrected chi connectivity index (χ1v) is 22.9. The van der Waals surface area contributed by atoms with Crippen LogP contribution in [0.15, 0.2) is 108 Å². The number of oxime groups is 1. The maximum absolute atomic E-state index is 14.4. The molecule has 16 heteroatoms. The van der Waals surface area contributed by atoms with Crippen LogP contribution in [0.3, 0.4) is 0 Å². The molecule has 67 heavy (non-hydrogen) atoms. The Kier molecular flexibility index (Phi) is 15.0. The van der Waals surface area contributed by atoms with Gasteiger partial charge < -0.3 is 43.5 Å². The van der Waals surface area contributed by atoms with Gasteiger partial charge in [0, 0.05) is 55.5 Å². The lowest BCUT2D eigenvalue weighted by Gasteiger charge is -2.59. The van der Waals surface area contributed by atoms with Gasteiger partial charge >= 0.3 is 6.09 Å². The highest BCUT2D eigenvalue weighted by Gasteiger charge is 2.65. The molecule has 1 aromatic heterocycles. The normalized spacial score (nSPS) is 22.7. The number of benzene rings is 3. The van der Waals surface area contributed by atoms with Crippen molar-refractivity contribution in [2.75, 3.05) is 33.7 Å². The first-order valence-electron chi connectivity index (χ1n) is 22.9. The number of aliphatic hydroxyl groups excluding tert-OH is 2. The van der Waals surface area contributed by atoms with Crippen molar-refractivity contribution in [2.45, 2.75) is 89.4 Å². The van der Waals surface area contributed by atoms with Gasteiger partial charge in [0.05, 0.1) is 36.0 Å². The molecule has 3 aromatic carbocycles. The molecule has 354 valence electrons. The number of allylic oxidation sites excluding steroid dienone is 1. The zero-order chi connectivity index (χ0) is 46.9. The van der Waals surface area contributed by atoms with Crippen molar-refractivity contribution in [2.24, 2.45) is 22.9 Å². The van der Waals surface area contributed by atoms with Crippen molar-refractivity contribution < 1.29 is 53.2 Å². The summed E-state index contributed by atoms with van der Waals surface area (Å²) in [6.07, 6.45) is 7.68. The second-order valence-corrected chi connectivity index (χ2v) is 17.3. The molecule has 0 spiro atoms. The van der Waals surface area contributed by atoms with Crippen LogP contribution in [0, 0.1) is 34.8 Å². The fourth-order valence-electron chi connectivity index (χ4n) is 10.1. The summed E-state index contributed by atoms with van der Waals surface area (Å²) in [6, 6.07) is 22.4. The Morgan fingerprint density at radius 1 is 0.970 bits per heavy atom. The highest BCUT2D eigenvalue weighted by Crippen LogP contribution is 2.62. The van der Waals surface area contributed by atoms with Gasteiger partial charge in [-0.2, -0.15) is 0 Å². The van der Waals surface area contributed by atoms with Crippen LogP contribution in [0.2, 0.25) is 0 Å². The molecule has 0 bridgehead atoms. The zero-order valence-electron chi connectivity index (χ0n) is 37.9. The molecule has 2 aliphatic heterocycles. The molecule has 4 aromatic rings. The summed E-state index contributed by atoms with van der Waals surface area (Å²) in [4.78, 5) is 37.8. The minimum Gasteiger partial charge on any atom is -0.487 e. The Morgan fingerprint density at radius 2 is 1.73 bits per heavy atom. The van der Waals surface area contributed by atoms with Crippen molar-refractivity contribution in [3.05, 3.63) is 141 Å². The number of rotatable bonds is 21. The molecule has 8 rings (SSSR count). The van der Waals surface area contributed by atoms with Crippen LogP contribution in [-0.2, 0) is 34.1 Å². The molecular formula is C51H58N4O12. The highest BCUT2D eigenvalue weighted by atomic mass is 16.7. The van der Waals surface area contributed by atoms with Gasteiger partial charge in [-0.3, -0.25) is 20.0 Å². The lowest BCUT2D eigenvalue weighted by molar-refractivity contribution is -0.384. The standard InChI is InChI=1S/C51H58N4O12/c1-4-24-65-51-47(54(50(58)61-3)29-35-16-20-45-46(25-35)64-32-63-45)28-43(53-66-30-34-14-17-38(18-15-34)55(59)60)41-26-36(11-5-7-22-56)40(13-6-8-23-57)48(49(41)51)42-27-39(19-21-44(42)67-51)62-31-37-12-9-10-33(2)52-37/h4,9-10,12,14-21,25-27,36,40,47-49,56-57H,1,5-8,11,13,22-24,28-32H2,2-3H3. The molecule has 0 saturated heterocycles. The van der Waals surface area contributed by atoms with Crippen LogP contribution in [0.5, 0.6) is 23.0 Å².